The van der Waals surface area contributed by atoms with Crippen molar-refractivity contribution >= 4 is 17.0 Å². The first kappa shape index (κ1) is 17.7. The molecule has 3 rings (SSSR count). The Balaban J connectivity index is 2.40. The molecule has 0 saturated heterocycles. The molecule has 0 amide bonds. The fourth-order valence-electron chi connectivity index (χ4n) is 3.40. The smallest absolute Gasteiger partial charge is 0.341 e. The third kappa shape index (κ3) is 2.47. The lowest BCUT2D eigenvalue weighted by Gasteiger charge is -2.12. The Morgan fingerprint density at radius 2 is 1.58 bits per heavy atom. The third-order valence-corrected chi connectivity index (χ3v) is 4.74. The van der Waals surface area contributed by atoms with Gasteiger partial charge in [0, 0.05) is 19.3 Å². The van der Waals surface area contributed by atoms with Crippen molar-refractivity contribution in [3.05, 3.63) is 61.9 Å². The molecule has 3 aromatic rings. The Hall–Kier alpha value is -3.09. The molecule has 2 aromatic heterocycles. The predicted molar refractivity (Wildman–Crippen MR) is 99.6 cm³/mol. The van der Waals surface area contributed by atoms with Gasteiger partial charge < -0.3 is 5.11 Å². The van der Waals surface area contributed by atoms with Crippen LogP contribution in [0.15, 0.2) is 34.0 Å². The molecule has 26 heavy (non-hydrogen) atoms. The highest BCUT2D eigenvalue weighted by Gasteiger charge is 2.18. The molecule has 0 aliphatic carbocycles. The second-order valence-corrected chi connectivity index (χ2v) is 6.25. The number of aryl methyl sites for hydroxylation is 4. The van der Waals surface area contributed by atoms with Gasteiger partial charge in [-0.15, -0.1) is 0 Å². The number of hydrogen-bond acceptors (Lipinski definition) is 3. The van der Waals surface area contributed by atoms with Crippen LogP contribution in [0.1, 0.15) is 35.3 Å². The lowest BCUT2D eigenvalue weighted by Crippen LogP contribution is -2.26. The van der Waals surface area contributed by atoms with E-state index in [0.717, 1.165) is 16.6 Å². The van der Waals surface area contributed by atoms with Crippen molar-refractivity contribution in [1.29, 1.82) is 0 Å². The summed E-state index contributed by atoms with van der Waals surface area (Å²) in [4.78, 5) is 36.7. The van der Waals surface area contributed by atoms with Crippen LogP contribution in [0.5, 0.6) is 0 Å². The molecule has 1 aromatic carbocycles. The Kier molecular flexibility index (Phi) is 4.31. The van der Waals surface area contributed by atoms with Gasteiger partial charge in [0.15, 0.2) is 0 Å². The minimum atomic E-state index is -1.25. The van der Waals surface area contributed by atoms with Gasteiger partial charge in [0.25, 0.3) is 5.56 Å². The van der Waals surface area contributed by atoms with Gasteiger partial charge in [-0.25, -0.2) is 9.59 Å². The first-order chi connectivity index (χ1) is 12.3. The van der Waals surface area contributed by atoms with Crippen LogP contribution in [0, 0.1) is 13.8 Å². The maximum absolute atomic E-state index is 12.7. The maximum atomic E-state index is 12.7. The van der Waals surface area contributed by atoms with E-state index in [1.807, 2.05) is 26.8 Å². The molecule has 136 valence electrons. The maximum Gasteiger partial charge on any atom is 0.341 e. The number of rotatable bonds is 4. The molecular weight excluding hydrogens is 334 g/mol. The summed E-state index contributed by atoms with van der Waals surface area (Å²) in [6.45, 7) is 8.30. The molecule has 7 nitrogen and oxygen atoms in total. The van der Waals surface area contributed by atoms with Gasteiger partial charge in [-0.1, -0.05) is 0 Å². The van der Waals surface area contributed by atoms with E-state index < -0.39 is 11.5 Å². The molecule has 0 saturated carbocycles. The number of aromatic nitrogens is 3. The van der Waals surface area contributed by atoms with E-state index >= 15 is 0 Å². The lowest BCUT2D eigenvalue weighted by molar-refractivity contribution is 0.0693. The monoisotopic (exact) mass is 355 g/mol. The average Bonchev–Trinajstić information content (AvgIpc) is 2.84. The Labute approximate surface area is 149 Å². The van der Waals surface area contributed by atoms with Crippen LogP contribution >= 0.6 is 0 Å². The Morgan fingerprint density at radius 3 is 2.12 bits per heavy atom. The highest BCUT2D eigenvalue weighted by atomic mass is 16.4. The van der Waals surface area contributed by atoms with Gasteiger partial charge in [0.2, 0.25) is 0 Å². The number of imidazole rings is 1. The minimum absolute atomic E-state index is 0.0935. The highest BCUT2D eigenvalue weighted by Crippen LogP contribution is 2.22. The minimum Gasteiger partial charge on any atom is -0.477 e. The summed E-state index contributed by atoms with van der Waals surface area (Å²) in [6, 6.07) is 5.26. The second kappa shape index (κ2) is 6.33. The van der Waals surface area contributed by atoms with Gasteiger partial charge in [0.05, 0.1) is 16.7 Å². The van der Waals surface area contributed by atoms with E-state index in [0.29, 0.717) is 24.3 Å². The highest BCUT2D eigenvalue weighted by molar-refractivity contribution is 5.89. The number of hydrogen-bond donors (Lipinski definition) is 1. The van der Waals surface area contributed by atoms with Crippen molar-refractivity contribution in [2.24, 2.45) is 0 Å². The molecule has 0 radical (unpaired) electrons. The summed E-state index contributed by atoms with van der Waals surface area (Å²) in [5, 5.41) is 9.35. The van der Waals surface area contributed by atoms with E-state index in [9.17, 15) is 19.5 Å². The Bertz CT molecular complexity index is 1150. The molecule has 1 N–H and O–H groups in total. The number of fused-ring (bicyclic) bond motifs is 1. The van der Waals surface area contributed by atoms with Gasteiger partial charge >= 0.3 is 11.7 Å². The standard InChI is InChI=1S/C19H21N3O4/c1-5-20-14-9-12(4)13(10-15(14)21(6-2)19(20)26)22-8-7-11(3)16(17(22)23)18(24)25/h7-10H,5-6H2,1-4H3,(H,24,25). The van der Waals surface area contributed by atoms with Gasteiger partial charge in [0.1, 0.15) is 5.56 Å². The zero-order valence-electron chi connectivity index (χ0n) is 15.2. The third-order valence-electron chi connectivity index (χ3n) is 4.74. The van der Waals surface area contributed by atoms with Gasteiger partial charge in [-0.05, 0) is 57.0 Å². The largest absolute Gasteiger partial charge is 0.477 e. The van der Waals surface area contributed by atoms with Crippen LogP contribution in [0.4, 0.5) is 0 Å². The lowest BCUT2D eigenvalue weighted by atomic mass is 10.1. The van der Waals surface area contributed by atoms with Crippen LogP contribution in [0.3, 0.4) is 0 Å². The molecule has 0 bridgehead atoms. The van der Waals surface area contributed by atoms with Crippen LogP contribution in [0.2, 0.25) is 0 Å². The molecule has 0 fully saturated rings. The fourth-order valence-corrected chi connectivity index (χ4v) is 3.40. The van der Waals surface area contributed by atoms with Crippen molar-refractivity contribution in [3.63, 3.8) is 0 Å². The molecule has 0 aliphatic heterocycles. The zero-order chi connectivity index (χ0) is 19.2. The van der Waals surface area contributed by atoms with E-state index in [2.05, 4.69) is 0 Å². The number of benzene rings is 1. The number of pyridine rings is 1. The number of carboxylic acids is 1. The summed E-state index contributed by atoms with van der Waals surface area (Å²) in [5.41, 5.74) is 2.38. The quantitative estimate of drug-likeness (QED) is 0.778. The molecular formula is C19H21N3O4. The first-order valence-corrected chi connectivity index (χ1v) is 8.51. The average molecular weight is 355 g/mol. The molecule has 0 aliphatic rings. The van der Waals surface area contributed by atoms with Crippen molar-refractivity contribution in [1.82, 2.24) is 13.7 Å². The summed E-state index contributed by atoms with van der Waals surface area (Å²) in [7, 11) is 0. The molecule has 2 heterocycles. The molecule has 0 atom stereocenters. The van der Waals surface area contributed by atoms with Crippen molar-refractivity contribution in [3.8, 4) is 5.69 Å². The summed E-state index contributed by atoms with van der Waals surface area (Å²) in [5.74, 6) is -1.25. The van der Waals surface area contributed by atoms with Gasteiger partial charge in [-0.2, -0.15) is 0 Å². The SMILES string of the molecule is CCn1c(=O)n(CC)c2cc(-n3ccc(C)c(C(=O)O)c3=O)c(C)cc21. The Morgan fingerprint density at radius 1 is 1.00 bits per heavy atom. The number of carbonyl (C=O) groups is 1. The molecule has 0 unspecified atom stereocenters. The number of carboxylic acid groups (broad SMARTS) is 1. The van der Waals surface area contributed by atoms with Crippen LogP contribution in [0.25, 0.3) is 16.7 Å². The first-order valence-electron chi connectivity index (χ1n) is 8.51. The van der Waals surface area contributed by atoms with Crippen molar-refractivity contribution in [2.45, 2.75) is 40.8 Å². The predicted octanol–water partition coefficient (Wildman–Crippen LogP) is 2.31. The van der Waals surface area contributed by atoms with Crippen LogP contribution in [-0.2, 0) is 13.1 Å². The van der Waals surface area contributed by atoms with Crippen LogP contribution in [-0.4, -0.2) is 24.8 Å². The number of aromatic carboxylic acids is 1. The fraction of sp³-hybridized carbons (Fsp3) is 0.316. The number of nitrogens with zero attached hydrogens (tertiary/aromatic N) is 3. The summed E-state index contributed by atoms with van der Waals surface area (Å²) in [6.07, 6.45) is 1.57. The van der Waals surface area contributed by atoms with Crippen LogP contribution < -0.4 is 11.2 Å². The van der Waals surface area contributed by atoms with E-state index in [1.165, 1.54) is 4.57 Å². The molecule has 7 heteroatoms. The summed E-state index contributed by atoms with van der Waals surface area (Å²) < 4.78 is 4.67. The molecule has 0 spiro atoms. The van der Waals surface area contributed by atoms with Gasteiger partial charge in [-0.3, -0.25) is 18.5 Å². The zero-order valence-corrected chi connectivity index (χ0v) is 15.2. The van der Waals surface area contributed by atoms with Crippen molar-refractivity contribution in [2.75, 3.05) is 0 Å². The topological polar surface area (TPSA) is 86.2 Å². The second-order valence-electron chi connectivity index (χ2n) is 6.25. The van der Waals surface area contributed by atoms with Crippen molar-refractivity contribution < 1.29 is 9.90 Å². The summed E-state index contributed by atoms with van der Waals surface area (Å²) >= 11 is 0. The van der Waals surface area contributed by atoms with E-state index in [1.54, 1.807) is 34.4 Å². The van der Waals surface area contributed by atoms with E-state index in [4.69, 9.17) is 0 Å². The normalized spacial score (nSPS) is 11.2. The van der Waals surface area contributed by atoms with E-state index in [-0.39, 0.29) is 11.3 Å².